The van der Waals surface area contributed by atoms with Crippen LogP contribution in [0.15, 0.2) is 12.2 Å². The molecule has 0 aromatic heterocycles. The van der Waals surface area contributed by atoms with Crippen LogP contribution >= 0.6 is 0 Å². The molecule has 0 aliphatic rings. The van der Waals surface area contributed by atoms with Crippen molar-refractivity contribution in [1.29, 1.82) is 5.41 Å². The van der Waals surface area contributed by atoms with Crippen molar-refractivity contribution in [1.82, 2.24) is 0 Å². The van der Waals surface area contributed by atoms with Crippen molar-refractivity contribution in [3.8, 4) is 0 Å². The van der Waals surface area contributed by atoms with Gasteiger partial charge in [-0.2, -0.15) is 0 Å². The zero-order chi connectivity index (χ0) is 16.4. The van der Waals surface area contributed by atoms with E-state index in [1.807, 2.05) is 0 Å². The maximum absolute atomic E-state index is 11.6. The minimum Gasteiger partial charge on any atom is -0.469 e. The van der Waals surface area contributed by atoms with Crippen LogP contribution in [0.2, 0.25) is 0 Å². The van der Waals surface area contributed by atoms with Gasteiger partial charge in [0.15, 0.2) is 0 Å². The van der Waals surface area contributed by atoms with Crippen molar-refractivity contribution in [2.45, 2.75) is 25.7 Å². The number of esters is 3. The van der Waals surface area contributed by atoms with Gasteiger partial charge >= 0.3 is 17.9 Å². The molecular formula is C14H21NO6. The van der Waals surface area contributed by atoms with Crippen LogP contribution in [-0.2, 0) is 28.6 Å². The summed E-state index contributed by atoms with van der Waals surface area (Å²) in [6.07, 6.45) is 1.60. The van der Waals surface area contributed by atoms with Crippen LogP contribution in [0.4, 0.5) is 0 Å². The van der Waals surface area contributed by atoms with Crippen LogP contribution in [0.3, 0.4) is 0 Å². The number of methoxy groups -OCH3 is 3. The zero-order valence-electron chi connectivity index (χ0n) is 12.6. The molecule has 0 bridgehead atoms. The second-order valence-corrected chi connectivity index (χ2v) is 4.31. The van der Waals surface area contributed by atoms with Crippen LogP contribution in [-0.4, -0.2) is 44.9 Å². The molecule has 0 unspecified atom stereocenters. The predicted octanol–water partition coefficient (Wildman–Crippen LogP) is 1.26. The summed E-state index contributed by atoms with van der Waals surface area (Å²) in [6.45, 7) is 3.56. The maximum Gasteiger partial charge on any atom is 0.351 e. The highest BCUT2D eigenvalue weighted by Gasteiger charge is 2.27. The molecule has 0 amide bonds. The average Bonchev–Trinajstić information content (AvgIpc) is 2.51. The quantitative estimate of drug-likeness (QED) is 0.226. The summed E-state index contributed by atoms with van der Waals surface area (Å²) in [7, 11) is 3.65. The fourth-order valence-corrected chi connectivity index (χ4v) is 1.73. The van der Waals surface area contributed by atoms with Crippen LogP contribution in [0.1, 0.15) is 25.7 Å². The summed E-state index contributed by atoms with van der Waals surface area (Å²) >= 11 is 0. The SMILES string of the molecule is C=C(C(=O)OC)[C@@H](CCCCC(=N)C(=O)OC)C(=O)OC. The second kappa shape index (κ2) is 9.68. The Hall–Kier alpha value is -2.18. The minimum absolute atomic E-state index is 0.0346. The standard InChI is InChI=1S/C14H21NO6/c1-9(12(16)19-2)10(13(17)20-3)7-5-6-8-11(15)14(18)21-4/h10,15H,1,5-8H2,2-4H3/t10-/m1/s1. The van der Waals surface area contributed by atoms with Crippen molar-refractivity contribution in [2.24, 2.45) is 5.92 Å². The molecule has 1 atom stereocenters. The van der Waals surface area contributed by atoms with E-state index in [1.54, 1.807) is 0 Å². The maximum atomic E-state index is 11.6. The molecule has 0 heterocycles. The Balaban J connectivity index is 4.42. The topological polar surface area (TPSA) is 103 Å². The van der Waals surface area contributed by atoms with E-state index in [-0.39, 0.29) is 17.7 Å². The van der Waals surface area contributed by atoms with Crippen LogP contribution in [0, 0.1) is 11.3 Å². The molecule has 0 saturated carbocycles. The monoisotopic (exact) mass is 299 g/mol. The van der Waals surface area contributed by atoms with Gasteiger partial charge in [-0.3, -0.25) is 10.2 Å². The fraction of sp³-hybridized carbons (Fsp3) is 0.571. The molecule has 0 aliphatic carbocycles. The van der Waals surface area contributed by atoms with E-state index in [9.17, 15) is 14.4 Å². The molecule has 1 N–H and O–H groups in total. The van der Waals surface area contributed by atoms with E-state index in [4.69, 9.17) is 5.41 Å². The smallest absolute Gasteiger partial charge is 0.351 e. The average molecular weight is 299 g/mol. The summed E-state index contributed by atoms with van der Waals surface area (Å²) in [5.74, 6) is -2.67. The first-order chi connectivity index (χ1) is 9.88. The van der Waals surface area contributed by atoms with E-state index in [2.05, 4.69) is 20.8 Å². The molecule has 0 radical (unpaired) electrons. The number of unbranched alkanes of at least 4 members (excludes halogenated alkanes) is 1. The zero-order valence-corrected chi connectivity index (χ0v) is 12.6. The van der Waals surface area contributed by atoms with Gasteiger partial charge in [-0.05, 0) is 19.3 Å². The number of ether oxygens (including phenoxy) is 3. The van der Waals surface area contributed by atoms with Crippen molar-refractivity contribution in [3.05, 3.63) is 12.2 Å². The van der Waals surface area contributed by atoms with Gasteiger partial charge in [0.1, 0.15) is 5.71 Å². The summed E-state index contributed by atoms with van der Waals surface area (Å²) in [5, 5.41) is 7.43. The van der Waals surface area contributed by atoms with Gasteiger partial charge in [-0.25, -0.2) is 9.59 Å². The lowest BCUT2D eigenvalue weighted by molar-refractivity contribution is -0.147. The molecule has 0 fully saturated rings. The lowest BCUT2D eigenvalue weighted by atomic mass is 9.93. The first-order valence-electron chi connectivity index (χ1n) is 6.39. The van der Waals surface area contributed by atoms with Gasteiger partial charge in [0, 0.05) is 5.57 Å². The molecule has 118 valence electrons. The highest BCUT2D eigenvalue weighted by atomic mass is 16.5. The summed E-state index contributed by atoms with van der Waals surface area (Å²) in [4.78, 5) is 34.1. The molecule has 21 heavy (non-hydrogen) atoms. The molecule has 7 nitrogen and oxygen atoms in total. The number of hydrogen-bond donors (Lipinski definition) is 1. The van der Waals surface area contributed by atoms with Gasteiger partial charge in [0.25, 0.3) is 0 Å². The van der Waals surface area contributed by atoms with Gasteiger partial charge in [-0.1, -0.05) is 13.0 Å². The number of nitrogens with one attached hydrogen (secondary N) is 1. The number of carbonyl (C=O) groups is 3. The Kier molecular flexibility index (Phi) is 8.68. The number of hydrogen-bond acceptors (Lipinski definition) is 7. The van der Waals surface area contributed by atoms with Crippen molar-refractivity contribution < 1.29 is 28.6 Å². The van der Waals surface area contributed by atoms with Crippen LogP contribution in [0.5, 0.6) is 0 Å². The summed E-state index contributed by atoms with van der Waals surface area (Å²) < 4.78 is 13.6. The Labute approximate surface area is 123 Å². The van der Waals surface area contributed by atoms with Crippen molar-refractivity contribution in [3.63, 3.8) is 0 Å². The Morgan fingerprint density at radius 2 is 1.57 bits per heavy atom. The number of rotatable bonds is 9. The summed E-state index contributed by atoms with van der Waals surface area (Å²) in [5.41, 5.74) is -0.0914. The van der Waals surface area contributed by atoms with Gasteiger partial charge in [0.05, 0.1) is 27.2 Å². The molecule has 0 aliphatic heterocycles. The third kappa shape index (κ3) is 6.20. The van der Waals surface area contributed by atoms with Gasteiger partial charge < -0.3 is 14.2 Å². The minimum atomic E-state index is -0.783. The fourth-order valence-electron chi connectivity index (χ4n) is 1.73. The molecule has 0 saturated heterocycles. The summed E-state index contributed by atoms with van der Waals surface area (Å²) in [6, 6.07) is 0. The van der Waals surface area contributed by atoms with Gasteiger partial charge in [0.2, 0.25) is 0 Å². The molecule has 7 heteroatoms. The predicted molar refractivity (Wildman–Crippen MR) is 74.9 cm³/mol. The molecule has 0 spiro atoms. The van der Waals surface area contributed by atoms with Crippen LogP contribution in [0.25, 0.3) is 0 Å². The molecular weight excluding hydrogens is 278 g/mol. The highest BCUT2D eigenvalue weighted by Crippen LogP contribution is 2.20. The molecule has 0 aromatic rings. The van der Waals surface area contributed by atoms with Gasteiger partial charge in [-0.15, -0.1) is 0 Å². The Morgan fingerprint density at radius 1 is 1.00 bits per heavy atom. The number of carbonyl (C=O) groups excluding carboxylic acids is 3. The molecule has 0 aromatic carbocycles. The second-order valence-electron chi connectivity index (χ2n) is 4.31. The Bertz CT molecular complexity index is 429. The highest BCUT2D eigenvalue weighted by molar-refractivity contribution is 6.34. The molecule has 0 rings (SSSR count). The van der Waals surface area contributed by atoms with Crippen molar-refractivity contribution >= 4 is 23.6 Å². The lowest BCUT2D eigenvalue weighted by Crippen LogP contribution is -2.23. The lowest BCUT2D eigenvalue weighted by Gasteiger charge is -2.15. The van der Waals surface area contributed by atoms with E-state index in [0.717, 1.165) is 0 Å². The van der Waals surface area contributed by atoms with E-state index >= 15 is 0 Å². The van der Waals surface area contributed by atoms with Crippen LogP contribution < -0.4 is 0 Å². The normalized spacial score (nSPS) is 11.2. The third-order valence-corrected chi connectivity index (χ3v) is 2.96. The Morgan fingerprint density at radius 3 is 2.05 bits per heavy atom. The first kappa shape index (κ1) is 18.8. The van der Waals surface area contributed by atoms with E-state index in [0.29, 0.717) is 19.3 Å². The van der Waals surface area contributed by atoms with Crippen molar-refractivity contribution in [2.75, 3.05) is 21.3 Å². The largest absolute Gasteiger partial charge is 0.469 e. The van der Waals surface area contributed by atoms with E-state index in [1.165, 1.54) is 21.3 Å². The van der Waals surface area contributed by atoms with E-state index < -0.39 is 23.8 Å². The third-order valence-electron chi connectivity index (χ3n) is 2.96. The first-order valence-corrected chi connectivity index (χ1v) is 6.39.